The summed E-state index contributed by atoms with van der Waals surface area (Å²) < 4.78 is 21.9. The van der Waals surface area contributed by atoms with Crippen molar-refractivity contribution in [3.05, 3.63) is 17.7 Å². The molecule has 0 aliphatic carbocycles. The molecular formula is C17H23NO6. The summed E-state index contributed by atoms with van der Waals surface area (Å²) in [5.41, 5.74) is 1.00. The minimum atomic E-state index is -0.590. The van der Waals surface area contributed by atoms with E-state index in [0.717, 1.165) is 23.5 Å². The zero-order valence-corrected chi connectivity index (χ0v) is 13.7. The second-order valence-electron chi connectivity index (χ2n) is 6.04. The van der Waals surface area contributed by atoms with Gasteiger partial charge in [0, 0.05) is 24.6 Å². The van der Waals surface area contributed by atoms with E-state index in [0.29, 0.717) is 31.7 Å². The third-order valence-corrected chi connectivity index (χ3v) is 4.09. The van der Waals surface area contributed by atoms with E-state index in [9.17, 15) is 9.90 Å². The van der Waals surface area contributed by atoms with Gasteiger partial charge in [0.15, 0.2) is 11.5 Å². The maximum atomic E-state index is 11.3. The summed E-state index contributed by atoms with van der Waals surface area (Å²) in [6.07, 6.45) is 1.19. The van der Waals surface area contributed by atoms with E-state index in [4.69, 9.17) is 18.9 Å². The van der Waals surface area contributed by atoms with Crippen LogP contribution in [0.2, 0.25) is 0 Å². The fourth-order valence-corrected chi connectivity index (χ4v) is 2.96. The summed E-state index contributed by atoms with van der Waals surface area (Å²) in [5.74, 6) is 1.85. The van der Waals surface area contributed by atoms with Gasteiger partial charge in [0.25, 0.3) is 0 Å². The molecular weight excluding hydrogens is 314 g/mol. The van der Waals surface area contributed by atoms with Gasteiger partial charge < -0.3 is 29.4 Å². The number of aliphatic hydroxyl groups is 1. The molecule has 7 nitrogen and oxygen atoms in total. The van der Waals surface area contributed by atoms with Gasteiger partial charge in [-0.15, -0.1) is 0 Å². The molecule has 2 aliphatic rings. The second kappa shape index (κ2) is 7.72. The standard InChI is InChI=1S/C17H23NO6/c1-18-9-11-5-15-16(23-10-22-15)8-14(11)21-4-2-3-13-6-12(19)7-17(20)24-13/h5,8,12-13,18-19H,2-4,6-7,9-10H2,1H3/t12-,13?/m1/s1. The molecule has 0 aromatic heterocycles. The van der Waals surface area contributed by atoms with Gasteiger partial charge in [0.2, 0.25) is 6.79 Å². The first-order valence-corrected chi connectivity index (χ1v) is 8.23. The highest BCUT2D eigenvalue weighted by atomic mass is 16.7. The Bertz CT molecular complexity index is 591. The molecule has 0 spiro atoms. The summed E-state index contributed by atoms with van der Waals surface area (Å²) in [4.78, 5) is 11.3. The highest BCUT2D eigenvalue weighted by molar-refractivity contribution is 5.70. The first kappa shape index (κ1) is 16.9. The maximum Gasteiger partial charge on any atom is 0.308 e. The Labute approximate surface area is 140 Å². The third kappa shape index (κ3) is 4.10. The van der Waals surface area contributed by atoms with Gasteiger partial charge in [-0.05, 0) is 26.0 Å². The number of carbonyl (C=O) groups excluding carboxylic acids is 1. The maximum absolute atomic E-state index is 11.3. The van der Waals surface area contributed by atoms with E-state index in [1.165, 1.54) is 0 Å². The highest BCUT2D eigenvalue weighted by Gasteiger charge is 2.26. The molecule has 2 heterocycles. The number of ether oxygens (including phenoxy) is 4. The lowest BCUT2D eigenvalue weighted by atomic mass is 10.0. The van der Waals surface area contributed by atoms with Gasteiger partial charge in [0.05, 0.1) is 19.1 Å². The molecule has 0 saturated carbocycles. The molecule has 7 heteroatoms. The van der Waals surface area contributed by atoms with Crippen LogP contribution in [0.1, 0.15) is 31.2 Å². The first-order chi connectivity index (χ1) is 11.7. The lowest BCUT2D eigenvalue weighted by Gasteiger charge is -2.25. The van der Waals surface area contributed by atoms with Crippen molar-refractivity contribution in [1.82, 2.24) is 5.32 Å². The largest absolute Gasteiger partial charge is 0.493 e. The van der Waals surface area contributed by atoms with Crippen LogP contribution in [-0.4, -0.2) is 43.7 Å². The lowest BCUT2D eigenvalue weighted by molar-refractivity contribution is -0.160. The minimum Gasteiger partial charge on any atom is -0.493 e. The molecule has 0 bridgehead atoms. The topological polar surface area (TPSA) is 86.2 Å². The van der Waals surface area contributed by atoms with E-state index in [1.54, 1.807) is 0 Å². The van der Waals surface area contributed by atoms with E-state index in [-0.39, 0.29) is 25.3 Å². The quantitative estimate of drug-likeness (QED) is 0.574. The number of esters is 1. The van der Waals surface area contributed by atoms with Crippen LogP contribution in [0, 0.1) is 0 Å². The van der Waals surface area contributed by atoms with Crippen LogP contribution in [0.15, 0.2) is 12.1 Å². The molecule has 3 rings (SSSR count). The molecule has 1 saturated heterocycles. The summed E-state index contributed by atoms with van der Waals surface area (Å²) in [5, 5.41) is 12.7. The average Bonchev–Trinajstić information content (AvgIpc) is 2.98. The molecule has 0 radical (unpaired) electrons. The summed E-state index contributed by atoms with van der Waals surface area (Å²) in [7, 11) is 1.87. The SMILES string of the molecule is CNCc1cc2c(cc1OCCCC1C[C@@H](O)CC(=O)O1)OCO2. The predicted octanol–water partition coefficient (Wildman–Crippen LogP) is 1.36. The lowest BCUT2D eigenvalue weighted by Crippen LogP contribution is -2.32. The Morgan fingerprint density at radius 3 is 2.88 bits per heavy atom. The Kier molecular flexibility index (Phi) is 5.42. The van der Waals surface area contributed by atoms with Crippen molar-refractivity contribution in [1.29, 1.82) is 0 Å². The van der Waals surface area contributed by atoms with Crippen molar-refractivity contribution in [2.45, 2.75) is 44.4 Å². The van der Waals surface area contributed by atoms with Crippen LogP contribution >= 0.6 is 0 Å². The fraction of sp³-hybridized carbons (Fsp3) is 0.588. The molecule has 1 aromatic carbocycles. The zero-order valence-electron chi connectivity index (χ0n) is 13.7. The number of cyclic esters (lactones) is 1. The fourth-order valence-electron chi connectivity index (χ4n) is 2.96. The molecule has 2 N–H and O–H groups in total. The van der Waals surface area contributed by atoms with Gasteiger partial charge >= 0.3 is 5.97 Å². The third-order valence-electron chi connectivity index (χ3n) is 4.09. The molecule has 1 fully saturated rings. The van der Waals surface area contributed by atoms with Crippen molar-refractivity contribution < 1.29 is 28.8 Å². The predicted molar refractivity (Wildman–Crippen MR) is 85.2 cm³/mol. The molecule has 2 atom stereocenters. The Balaban J connectivity index is 1.52. The molecule has 132 valence electrons. The smallest absolute Gasteiger partial charge is 0.308 e. The minimum absolute atomic E-state index is 0.0948. The second-order valence-corrected chi connectivity index (χ2v) is 6.04. The molecule has 1 aromatic rings. The zero-order chi connectivity index (χ0) is 16.9. The Hall–Kier alpha value is -1.99. The molecule has 24 heavy (non-hydrogen) atoms. The van der Waals surface area contributed by atoms with Gasteiger partial charge in [0.1, 0.15) is 11.9 Å². The van der Waals surface area contributed by atoms with Crippen LogP contribution in [0.25, 0.3) is 0 Å². The van der Waals surface area contributed by atoms with Gasteiger partial charge in [-0.3, -0.25) is 4.79 Å². The van der Waals surface area contributed by atoms with Crippen molar-refractivity contribution in [3.8, 4) is 17.2 Å². The summed E-state index contributed by atoms with van der Waals surface area (Å²) >= 11 is 0. The van der Waals surface area contributed by atoms with Gasteiger partial charge in [-0.25, -0.2) is 0 Å². The van der Waals surface area contributed by atoms with Gasteiger partial charge in [-0.1, -0.05) is 0 Å². The Morgan fingerprint density at radius 1 is 1.33 bits per heavy atom. The average molecular weight is 337 g/mol. The van der Waals surface area contributed by atoms with Crippen LogP contribution in [0.4, 0.5) is 0 Å². The van der Waals surface area contributed by atoms with Crippen LogP contribution in [0.5, 0.6) is 17.2 Å². The number of hydrogen-bond donors (Lipinski definition) is 2. The van der Waals surface area contributed by atoms with Crippen LogP contribution < -0.4 is 19.5 Å². The Morgan fingerprint density at radius 2 is 2.12 bits per heavy atom. The first-order valence-electron chi connectivity index (χ1n) is 8.23. The number of aliphatic hydroxyl groups excluding tert-OH is 1. The monoisotopic (exact) mass is 337 g/mol. The number of carbonyl (C=O) groups is 1. The number of hydrogen-bond acceptors (Lipinski definition) is 7. The van der Waals surface area contributed by atoms with E-state index < -0.39 is 6.10 Å². The molecule has 1 unspecified atom stereocenters. The molecule has 0 amide bonds. The highest BCUT2D eigenvalue weighted by Crippen LogP contribution is 2.38. The van der Waals surface area contributed by atoms with E-state index in [1.807, 2.05) is 19.2 Å². The number of rotatable bonds is 7. The number of nitrogens with one attached hydrogen (secondary N) is 1. The van der Waals surface area contributed by atoms with Crippen molar-refractivity contribution in [2.24, 2.45) is 0 Å². The normalized spacial score (nSPS) is 22.3. The van der Waals surface area contributed by atoms with E-state index >= 15 is 0 Å². The van der Waals surface area contributed by atoms with Gasteiger partial charge in [-0.2, -0.15) is 0 Å². The van der Waals surface area contributed by atoms with E-state index in [2.05, 4.69) is 5.32 Å². The summed E-state index contributed by atoms with van der Waals surface area (Å²) in [6.45, 7) is 1.39. The van der Waals surface area contributed by atoms with Crippen LogP contribution in [0.3, 0.4) is 0 Å². The number of benzene rings is 1. The molecule has 2 aliphatic heterocycles. The van der Waals surface area contributed by atoms with Crippen molar-refractivity contribution in [3.63, 3.8) is 0 Å². The summed E-state index contributed by atoms with van der Waals surface area (Å²) in [6, 6.07) is 3.77. The number of fused-ring (bicyclic) bond motifs is 1. The van der Waals surface area contributed by atoms with Crippen molar-refractivity contribution in [2.75, 3.05) is 20.4 Å². The van der Waals surface area contributed by atoms with Crippen molar-refractivity contribution >= 4 is 5.97 Å². The van der Waals surface area contributed by atoms with Crippen LogP contribution in [-0.2, 0) is 16.1 Å².